The molecule has 92 valence electrons. The molecular weight excluding hydrogens is 270 g/mol. The second-order valence-corrected chi connectivity index (χ2v) is 6.09. The molecule has 0 aliphatic rings. The number of thiazole rings is 1. The summed E-state index contributed by atoms with van der Waals surface area (Å²) in [6.45, 7) is 1.64. The van der Waals surface area contributed by atoms with Gasteiger partial charge >= 0.3 is 5.97 Å². The maximum Gasteiger partial charge on any atom is 0.316 e. The van der Waals surface area contributed by atoms with Crippen LogP contribution in [-0.4, -0.2) is 30.9 Å². The molecule has 18 heavy (non-hydrogen) atoms. The number of hydrogen-bond donors (Lipinski definition) is 1. The fraction of sp³-hybridized carbons (Fsp3) is 0.182. The van der Waals surface area contributed by atoms with Crippen LogP contribution in [0.2, 0.25) is 0 Å². The van der Waals surface area contributed by atoms with Gasteiger partial charge in [-0.05, 0) is 19.1 Å². The number of nitrogens with zero attached hydrogens (tertiary/aromatic N) is 3. The summed E-state index contributed by atoms with van der Waals surface area (Å²) in [6.07, 6.45) is 0. The minimum absolute atomic E-state index is 0.545. The van der Waals surface area contributed by atoms with Crippen molar-refractivity contribution in [2.24, 2.45) is 0 Å². The molecule has 5 nitrogen and oxygen atoms in total. The van der Waals surface area contributed by atoms with Gasteiger partial charge in [0.15, 0.2) is 5.16 Å². The van der Waals surface area contributed by atoms with E-state index < -0.39 is 11.2 Å². The van der Waals surface area contributed by atoms with Crippen LogP contribution in [0, 0.1) is 0 Å². The zero-order valence-electron chi connectivity index (χ0n) is 9.40. The number of aromatic nitrogens is 3. The van der Waals surface area contributed by atoms with Crippen molar-refractivity contribution in [3.63, 3.8) is 0 Å². The number of thioether (sulfide) groups is 1. The van der Waals surface area contributed by atoms with Crippen molar-refractivity contribution < 1.29 is 9.90 Å². The monoisotopic (exact) mass is 279 g/mol. The molecule has 7 heteroatoms. The topological polar surface area (TPSA) is 67.5 Å². The van der Waals surface area contributed by atoms with Crippen LogP contribution in [0.1, 0.15) is 6.92 Å². The summed E-state index contributed by atoms with van der Waals surface area (Å²) in [7, 11) is 0. The second-order valence-electron chi connectivity index (χ2n) is 3.77. The fourth-order valence-corrected chi connectivity index (χ4v) is 3.46. The number of carboxylic acid groups (broad SMARTS) is 1. The molecular formula is C11H9N3O2S2. The highest BCUT2D eigenvalue weighted by Crippen LogP contribution is 2.30. The molecule has 3 aromatic rings. The van der Waals surface area contributed by atoms with E-state index in [1.165, 1.54) is 11.8 Å². The van der Waals surface area contributed by atoms with E-state index in [0.717, 1.165) is 15.2 Å². The number of para-hydroxylation sites is 1. The Kier molecular flexibility index (Phi) is 2.71. The van der Waals surface area contributed by atoms with Gasteiger partial charge in [0.1, 0.15) is 5.25 Å². The number of carbonyl (C=O) groups is 1. The Balaban J connectivity index is 2.15. The van der Waals surface area contributed by atoms with E-state index in [-0.39, 0.29) is 0 Å². The highest BCUT2D eigenvalue weighted by Gasteiger charge is 2.18. The molecule has 1 N–H and O–H groups in total. The van der Waals surface area contributed by atoms with E-state index >= 15 is 0 Å². The van der Waals surface area contributed by atoms with Crippen LogP contribution >= 0.6 is 23.1 Å². The molecule has 0 fully saturated rings. The highest BCUT2D eigenvalue weighted by molar-refractivity contribution is 8.00. The van der Waals surface area contributed by atoms with E-state index in [1.54, 1.807) is 18.3 Å². The van der Waals surface area contributed by atoms with Crippen LogP contribution in [0.15, 0.2) is 29.4 Å². The van der Waals surface area contributed by atoms with Gasteiger partial charge in [-0.1, -0.05) is 35.2 Å². The van der Waals surface area contributed by atoms with E-state index in [9.17, 15) is 4.79 Å². The van der Waals surface area contributed by atoms with Crippen molar-refractivity contribution in [3.05, 3.63) is 24.3 Å². The Morgan fingerprint density at radius 2 is 2.22 bits per heavy atom. The van der Waals surface area contributed by atoms with Gasteiger partial charge in [0.05, 0.1) is 10.2 Å². The summed E-state index contributed by atoms with van der Waals surface area (Å²) in [4.78, 5) is 11.7. The van der Waals surface area contributed by atoms with Gasteiger partial charge < -0.3 is 5.11 Å². The maximum atomic E-state index is 10.9. The van der Waals surface area contributed by atoms with Crippen molar-refractivity contribution in [2.45, 2.75) is 17.3 Å². The van der Waals surface area contributed by atoms with Crippen LogP contribution in [0.4, 0.5) is 0 Å². The van der Waals surface area contributed by atoms with Gasteiger partial charge in [-0.3, -0.25) is 9.20 Å². The molecule has 2 aromatic heterocycles. The number of carboxylic acids is 1. The normalized spacial score (nSPS) is 13.2. The number of rotatable bonds is 3. The van der Waals surface area contributed by atoms with Crippen molar-refractivity contribution >= 4 is 44.2 Å². The molecule has 0 aliphatic heterocycles. The number of benzene rings is 1. The molecule has 3 rings (SSSR count). The van der Waals surface area contributed by atoms with Gasteiger partial charge in [0.2, 0.25) is 4.96 Å². The lowest BCUT2D eigenvalue weighted by molar-refractivity contribution is -0.136. The smallest absolute Gasteiger partial charge is 0.316 e. The molecule has 2 heterocycles. The third-order valence-electron chi connectivity index (χ3n) is 2.54. The summed E-state index contributed by atoms with van der Waals surface area (Å²) in [5, 5.41) is 17.2. The lowest BCUT2D eigenvalue weighted by Crippen LogP contribution is -2.11. The standard InChI is InChI=1S/C11H9N3O2S2/c1-6(9(15)16)17-10-12-13-11-14(10)7-4-2-3-5-8(7)18-11/h2-6H,1H3,(H,15,16)/t6-/m0/s1. The van der Waals surface area contributed by atoms with E-state index in [4.69, 9.17) is 5.11 Å². The first kappa shape index (κ1) is 11.5. The van der Waals surface area contributed by atoms with Crippen LogP contribution in [0.5, 0.6) is 0 Å². The van der Waals surface area contributed by atoms with Gasteiger partial charge in [0.25, 0.3) is 0 Å². The molecule has 0 spiro atoms. The SMILES string of the molecule is C[C@H](Sc1nnc2sc3ccccc3n12)C(=O)O. The summed E-state index contributed by atoms with van der Waals surface area (Å²) in [5.41, 5.74) is 1.02. The Bertz CT molecular complexity index is 734. The van der Waals surface area contributed by atoms with Crippen LogP contribution in [0.25, 0.3) is 15.2 Å². The van der Waals surface area contributed by atoms with E-state index in [0.29, 0.717) is 5.16 Å². The molecule has 0 amide bonds. The Morgan fingerprint density at radius 3 is 3.00 bits per heavy atom. The van der Waals surface area contributed by atoms with E-state index in [2.05, 4.69) is 10.2 Å². The van der Waals surface area contributed by atoms with E-state index in [1.807, 2.05) is 28.7 Å². The predicted octanol–water partition coefficient (Wildman–Crippen LogP) is 2.51. The molecule has 1 aromatic carbocycles. The minimum atomic E-state index is -0.851. The third-order valence-corrected chi connectivity index (χ3v) is 4.58. The quantitative estimate of drug-likeness (QED) is 0.746. The molecule has 1 atom stereocenters. The predicted molar refractivity (Wildman–Crippen MR) is 71.3 cm³/mol. The average Bonchev–Trinajstić information content (AvgIpc) is 2.89. The van der Waals surface area contributed by atoms with Crippen LogP contribution in [-0.2, 0) is 4.79 Å². The van der Waals surface area contributed by atoms with Crippen molar-refractivity contribution in [1.82, 2.24) is 14.6 Å². The Hall–Kier alpha value is -1.60. The summed E-state index contributed by atoms with van der Waals surface area (Å²) in [6, 6.07) is 7.92. The fourth-order valence-electron chi connectivity index (χ4n) is 1.64. The summed E-state index contributed by atoms with van der Waals surface area (Å²) < 4.78 is 3.02. The van der Waals surface area contributed by atoms with Gasteiger partial charge in [-0.15, -0.1) is 10.2 Å². The largest absolute Gasteiger partial charge is 0.480 e. The number of aliphatic carboxylic acids is 1. The number of hydrogen-bond acceptors (Lipinski definition) is 5. The molecule has 0 radical (unpaired) electrons. The Labute approximate surface area is 110 Å². The zero-order chi connectivity index (χ0) is 12.7. The first-order chi connectivity index (χ1) is 8.66. The molecule has 0 bridgehead atoms. The second kappa shape index (κ2) is 4.25. The molecule has 0 unspecified atom stereocenters. The highest BCUT2D eigenvalue weighted by atomic mass is 32.2. The lowest BCUT2D eigenvalue weighted by atomic mass is 10.3. The van der Waals surface area contributed by atoms with Gasteiger partial charge in [-0.25, -0.2) is 0 Å². The zero-order valence-corrected chi connectivity index (χ0v) is 11.0. The van der Waals surface area contributed by atoms with Crippen molar-refractivity contribution in [3.8, 4) is 0 Å². The van der Waals surface area contributed by atoms with Gasteiger partial charge in [-0.2, -0.15) is 0 Å². The van der Waals surface area contributed by atoms with Crippen molar-refractivity contribution in [2.75, 3.05) is 0 Å². The maximum absolute atomic E-state index is 10.9. The molecule has 0 saturated carbocycles. The van der Waals surface area contributed by atoms with Crippen molar-refractivity contribution in [1.29, 1.82) is 0 Å². The Morgan fingerprint density at radius 1 is 1.44 bits per heavy atom. The first-order valence-electron chi connectivity index (χ1n) is 5.29. The third kappa shape index (κ3) is 1.75. The first-order valence-corrected chi connectivity index (χ1v) is 6.98. The molecule has 0 saturated heterocycles. The minimum Gasteiger partial charge on any atom is -0.480 e. The lowest BCUT2D eigenvalue weighted by Gasteiger charge is -2.03. The summed E-state index contributed by atoms with van der Waals surface area (Å²) in [5.74, 6) is -0.851. The van der Waals surface area contributed by atoms with Crippen LogP contribution in [0.3, 0.4) is 0 Å². The average molecular weight is 279 g/mol. The molecule has 0 aliphatic carbocycles. The van der Waals surface area contributed by atoms with Gasteiger partial charge in [0, 0.05) is 0 Å². The number of fused-ring (bicyclic) bond motifs is 3. The van der Waals surface area contributed by atoms with Crippen LogP contribution < -0.4 is 0 Å². The summed E-state index contributed by atoms with van der Waals surface area (Å²) >= 11 is 2.75.